The molecule has 23 heavy (non-hydrogen) atoms. The molecule has 128 valence electrons. The third kappa shape index (κ3) is 4.33. The van der Waals surface area contributed by atoms with Crippen LogP contribution in [0.4, 0.5) is 0 Å². The van der Waals surface area contributed by atoms with Crippen molar-refractivity contribution in [2.24, 2.45) is 0 Å². The molecule has 2 heterocycles. The number of carbonyl (C=O) groups excluding carboxylic acids is 2. The molecule has 1 amide bonds. The van der Waals surface area contributed by atoms with Crippen LogP contribution in [0.5, 0.6) is 0 Å². The summed E-state index contributed by atoms with van der Waals surface area (Å²) in [6.07, 6.45) is 5.17. The zero-order valence-corrected chi connectivity index (χ0v) is 14.3. The lowest BCUT2D eigenvalue weighted by molar-refractivity contribution is -0.143. The molecule has 2 unspecified atom stereocenters. The zero-order valence-electron chi connectivity index (χ0n) is 14.3. The molecule has 0 spiro atoms. The van der Waals surface area contributed by atoms with Crippen molar-refractivity contribution >= 4 is 11.9 Å². The summed E-state index contributed by atoms with van der Waals surface area (Å²) >= 11 is 0. The summed E-state index contributed by atoms with van der Waals surface area (Å²) in [5, 5.41) is 6.79. The summed E-state index contributed by atoms with van der Waals surface area (Å²) in [6, 6.07) is 1.96. The summed E-state index contributed by atoms with van der Waals surface area (Å²) in [4.78, 5) is 26.6. The third-order valence-corrected chi connectivity index (χ3v) is 4.37. The van der Waals surface area contributed by atoms with Gasteiger partial charge in [-0.3, -0.25) is 9.89 Å². The van der Waals surface area contributed by atoms with Crippen LogP contribution in [0.15, 0.2) is 6.07 Å². The number of piperidine rings is 1. The van der Waals surface area contributed by atoms with E-state index >= 15 is 0 Å². The number of rotatable bonds is 6. The minimum atomic E-state index is -0.777. The second-order valence-electron chi connectivity index (χ2n) is 6.17. The van der Waals surface area contributed by atoms with E-state index in [0.717, 1.165) is 50.8 Å². The molecule has 0 aliphatic carbocycles. The summed E-state index contributed by atoms with van der Waals surface area (Å²) in [5.41, 5.74) is 1.14. The normalized spacial score (nSPS) is 19.4. The Hall–Kier alpha value is -1.85. The van der Waals surface area contributed by atoms with Crippen molar-refractivity contribution < 1.29 is 14.3 Å². The summed E-state index contributed by atoms with van der Waals surface area (Å²) in [5.74, 6) is -0.649. The van der Waals surface area contributed by atoms with Crippen molar-refractivity contribution in [2.45, 2.75) is 71.4 Å². The highest BCUT2D eigenvalue weighted by Gasteiger charge is 2.30. The molecule has 1 fully saturated rings. The van der Waals surface area contributed by atoms with Crippen LogP contribution < -0.4 is 0 Å². The summed E-state index contributed by atoms with van der Waals surface area (Å²) in [6.45, 7) is 6.54. The van der Waals surface area contributed by atoms with Gasteiger partial charge in [-0.2, -0.15) is 5.10 Å². The average molecular weight is 321 g/mol. The second-order valence-corrected chi connectivity index (χ2v) is 6.17. The van der Waals surface area contributed by atoms with Gasteiger partial charge < -0.3 is 9.64 Å². The predicted octanol–water partition coefficient (Wildman–Crippen LogP) is 2.70. The number of esters is 1. The Bertz CT molecular complexity index is 541. The van der Waals surface area contributed by atoms with Crippen LogP contribution in [0.25, 0.3) is 0 Å². The molecular formula is C17H27N3O3. The molecule has 1 aliphatic heterocycles. The van der Waals surface area contributed by atoms with Crippen molar-refractivity contribution in [2.75, 3.05) is 6.54 Å². The van der Waals surface area contributed by atoms with Gasteiger partial charge in [-0.05, 0) is 45.1 Å². The van der Waals surface area contributed by atoms with Crippen LogP contribution in [0, 0.1) is 0 Å². The molecular weight excluding hydrogens is 294 g/mol. The van der Waals surface area contributed by atoms with Crippen molar-refractivity contribution in [1.29, 1.82) is 0 Å². The van der Waals surface area contributed by atoms with E-state index < -0.39 is 12.1 Å². The molecule has 6 heteroatoms. The maximum Gasteiger partial charge on any atom is 0.359 e. The maximum atomic E-state index is 12.6. The molecule has 0 saturated carbocycles. The van der Waals surface area contributed by atoms with Gasteiger partial charge >= 0.3 is 5.97 Å². The number of aromatic amines is 1. The monoisotopic (exact) mass is 321 g/mol. The van der Waals surface area contributed by atoms with Crippen LogP contribution in [0.3, 0.4) is 0 Å². The fourth-order valence-electron chi connectivity index (χ4n) is 3.08. The predicted molar refractivity (Wildman–Crippen MR) is 87.1 cm³/mol. The van der Waals surface area contributed by atoms with Crippen LogP contribution in [0.2, 0.25) is 0 Å². The number of likely N-dealkylation sites (tertiary alicyclic amines) is 1. The number of H-pyrrole nitrogens is 1. The lowest BCUT2D eigenvalue weighted by Crippen LogP contribution is -2.48. The van der Waals surface area contributed by atoms with Crippen LogP contribution in [-0.4, -0.2) is 45.7 Å². The van der Waals surface area contributed by atoms with Gasteiger partial charge in [0.2, 0.25) is 0 Å². The molecule has 0 aromatic carbocycles. The molecule has 1 saturated heterocycles. The molecule has 1 aliphatic rings. The summed E-state index contributed by atoms with van der Waals surface area (Å²) in [7, 11) is 0. The van der Waals surface area contributed by atoms with Crippen LogP contribution in [-0.2, 0) is 16.0 Å². The molecule has 6 nitrogen and oxygen atoms in total. The molecule has 0 radical (unpaired) electrons. The highest BCUT2D eigenvalue weighted by atomic mass is 16.5. The van der Waals surface area contributed by atoms with Crippen molar-refractivity contribution in [1.82, 2.24) is 15.1 Å². The van der Waals surface area contributed by atoms with E-state index in [4.69, 9.17) is 4.74 Å². The number of carbonyl (C=O) groups is 2. The number of aromatic nitrogens is 2. The Kier molecular flexibility index (Phi) is 6.19. The van der Waals surface area contributed by atoms with E-state index in [1.165, 1.54) is 0 Å². The minimum absolute atomic E-state index is 0.103. The Balaban J connectivity index is 1.95. The SMILES string of the molecule is CCCc1cc(C(=O)OC(C)C(=O)N2CCCCC2CC)n[nH]1. The van der Waals surface area contributed by atoms with E-state index in [-0.39, 0.29) is 17.6 Å². The van der Waals surface area contributed by atoms with Gasteiger partial charge in [0.25, 0.3) is 5.91 Å². The van der Waals surface area contributed by atoms with Gasteiger partial charge in [0, 0.05) is 18.3 Å². The number of nitrogens with zero attached hydrogens (tertiary/aromatic N) is 2. The Morgan fingerprint density at radius 2 is 2.22 bits per heavy atom. The van der Waals surface area contributed by atoms with E-state index in [0.29, 0.717) is 0 Å². The Morgan fingerprint density at radius 1 is 1.43 bits per heavy atom. The average Bonchev–Trinajstić information content (AvgIpc) is 3.03. The standard InChI is InChI=1S/C17H27N3O3/c1-4-8-13-11-15(19-18-13)17(22)23-12(3)16(21)20-10-7-6-9-14(20)5-2/h11-12,14H,4-10H2,1-3H3,(H,18,19). The lowest BCUT2D eigenvalue weighted by atomic mass is 9.99. The smallest absolute Gasteiger partial charge is 0.359 e. The Morgan fingerprint density at radius 3 is 2.91 bits per heavy atom. The van der Waals surface area contributed by atoms with E-state index in [1.807, 2.05) is 4.90 Å². The van der Waals surface area contributed by atoms with E-state index in [9.17, 15) is 9.59 Å². The van der Waals surface area contributed by atoms with Gasteiger partial charge in [-0.25, -0.2) is 4.79 Å². The van der Waals surface area contributed by atoms with Crippen LogP contribution >= 0.6 is 0 Å². The number of hydrogen-bond acceptors (Lipinski definition) is 4. The second kappa shape index (κ2) is 8.13. The largest absolute Gasteiger partial charge is 0.448 e. The molecule has 1 aromatic rings. The number of hydrogen-bond donors (Lipinski definition) is 1. The number of aryl methyl sites for hydroxylation is 1. The highest BCUT2D eigenvalue weighted by Crippen LogP contribution is 2.21. The quantitative estimate of drug-likeness (QED) is 0.817. The first-order valence-electron chi connectivity index (χ1n) is 8.62. The zero-order chi connectivity index (χ0) is 16.8. The van der Waals surface area contributed by atoms with Gasteiger partial charge in [0.1, 0.15) is 0 Å². The third-order valence-electron chi connectivity index (χ3n) is 4.37. The van der Waals surface area contributed by atoms with Crippen molar-refractivity contribution in [3.63, 3.8) is 0 Å². The van der Waals surface area contributed by atoms with Crippen molar-refractivity contribution in [3.8, 4) is 0 Å². The first kappa shape index (κ1) is 17.5. The van der Waals surface area contributed by atoms with Crippen molar-refractivity contribution in [3.05, 3.63) is 17.5 Å². The van der Waals surface area contributed by atoms with Gasteiger partial charge in [0.05, 0.1) is 0 Å². The molecule has 2 atom stereocenters. The molecule has 2 rings (SSSR count). The molecule has 1 N–H and O–H groups in total. The molecule has 0 bridgehead atoms. The first-order chi connectivity index (χ1) is 11.1. The maximum absolute atomic E-state index is 12.6. The topological polar surface area (TPSA) is 75.3 Å². The minimum Gasteiger partial charge on any atom is -0.448 e. The number of ether oxygens (including phenoxy) is 1. The number of amides is 1. The van der Waals surface area contributed by atoms with Gasteiger partial charge in [-0.15, -0.1) is 0 Å². The first-order valence-corrected chi connectivity index (χ1v) is 8.62. The van der Waals surface area contributed by atoms with E-state index in [2.05, 4.69) is 24.0 Å². The van der Waals surface area contributed by atoms with Crippen LogP contribution in [0.1, 0.15) is 69.1 Å². The van der Waals surface area contributed by atoms with E-state index in [1.54, 1.807) is 13.0 Å². The highest BCUT2D eigenvalue weighted by molar-refractivity contribution is 5.90. The number of nitrogens with one attached hydrogen (secondary N) is 1. The summed E-state index contributed by atoms with van der Waals surface area (Å²) < 4.78 is 5.32. The lowest BCUT2D eigenvalue weighted by Gasteiger charge is -2.36. The molecule has 1 aromatic heterocycles. The van der Waals surface area contributed by atoms with Gasteiger partial charge in [-0.1, -0.05) is 20.3 Å². The fourth-order valence-corrected chi connectivity index (χ4v) is 3.08. The Labute approximate surface area is 137 Å². The fraction of sp³-hybridized carbons (Fsp3) is 0.706. The van der Waals surface area contributed by atoms with Gasteiger partial charge in [0.15, 0.2) is 11.8 Å².